The molecule has 0 amide bonds. The van der Waals surface area contributed by atoms with E-state index in [1.54, 1.807) is 7.11 Å². The summed E-state index contributed by atoms with van der Waals surface area (Å²) in [5.41, 5.74) is 0. The molecule has 1 atom stereocenters. The highest BCUT2D eigenvalue weighted by Gasteiger charge is 2.25. The van der Waals surface area contributed by atoms with E-state index in [-0.39, 0.29) is 5.92 Å². The van der Waals surface area contributed by atoms with Crippen molar-refractivity contribution in [1.29, 1.82) is 0 Å². The van der Waals surface area contributed by atoms with Crippen LogP contribution in [0.15, 0.2) is 6.07 Å². The lowest BCUT2D eigenvalue weighted by molar-refractivity contribution is -0.120. The zero-order chi connectivity index (χ0) is 9.97. The maximum atomic E-state index is 11.4. The molecule has 14 heavy (non-hydrogen) atoms. The number of hydrogen-bond acceptors (Lipinski definition) is 4. The Bertz CT molecular complexity index is 335. The van der Waals surface area contributed by atoms with Crippen LogP contribution in [0.1, 0.15) is 24.1 Å². The summed E-state index contributed by atoms with van der Waals surface area (Å²) in [4.78, 5) is 12.6. The van der Waals surface area contributed by atoms with Gasteiger partial charge in [-0.15, -0.1) is 0 Å². The van der Waals surface area contributed by atoms with Gasteiger partial charge in [0.25, 0.3) is 0 Å². The summed E-state index contributed by atoms with van der Waals surface area (Å²) in [7, 11) is 1.61. The highest BCUT2D eigenvalue weighted by atomic mass is 32.1. The highest BCUT2D eigenvalue weighted by Crippen LogP contribution is 2.27. The van der Waals surface area contributed by atoms with E-state index in [4.69, 9.17) is 4.74 Å². The topological polar surface area (TPSA) is 39.2 Å². The Balaban J connectivity index is 1.99. The summed E-state index contributed by atoms with van der Waals surface area (Å²) in [6.45, 7) is 0. The number of methoxy groups -OCH3 is 1. The third-order valence-electron chi connectivity index (χ3n) is 2.63. The van der Waals surface area contributed by atoms with Crippen LogP contribution in [0.2, 0.25) is 0 Å². The van der Waals surface area contributed by atoms with E-state index in [1.807, 2.05) is 6.07 Å². The molecule has 0 saturated heterocycles. The van der Waals surface area contributed by atoms with Gasteiger partial charge < -0.3 is 4.74 Å². The summed E-state index contributed by atoms with van der Waals surface area (Å²) in [5, 5.41) is 0. The number of carbonyl (C=O) groups excluding carboxylic acids is 1. The van der Waals surface area contributed by atoms with E-state index in [2.05, 4.69) is 4.37 Å². The lowest BCUT2D eigenvalue weighted by Crippen LogP contribution is -2.08. The third-order valence-corrected chi connectivity index (χ3v) is 3.42. The molecule has 0 spiro atoms. The zero-order valence-corrected chi connectivity index (χ0v) is 8.97. The first-order valence-corrected chi connectivity index (χ1v) is 5.59. The van der Waals surface area contributed by atoms with Gasteiger partial charge in [-0.3, -0.25) is 4.79 Å². The maximum Gasteiger partial charge on any atom is 0.225 e. The first kappa shape index (κ1) is 9.65. The average Bonchev–Trinajstić information content (AvgIpc) is 2.77. The van der Waals surface area contributed by atoms with Crippen molar-refractivity contribution in [3.05, 3.63) is 10.9 Å². The smallest absolute Gasteiger partial charge is 0.225 e. The number of ether oxygens (including phenoxy) is 1. The summed E-state index contributed by atoms with van der Waals surface area (Å²) in [6, 6.07) is 1.93. The molecular formula is C10H13NO2S. The van der Waals surface area contributed by atoms with Crippen LogP contribution in [0.4, 0.5) is 0 Å². The minimum absolute atomic E-state index is 0.236. The van der Waals surface area contributed by atoms with Crippen LogP contribution < -0.4 is 4.74 Å². The fourth-order valence-electron chi connectivity index (χ4n) is 1.83. The van der Waals surface area contributed by atoms with E-state index in [0.29, 0.717) is 11.7 Å². The molecule has 3 nitrogen and oxygen atoms in total. The van der Waals surface area contributed by atoms with E-state index in [1.165, 1.54) is 11.5 Å². The van der Waals surface area contributed by atoms with Crippen molar-refractivity contribution in [2.45, 2.75) is 25.7 Å². The van der Waals surface area contributed by atoms with Gasteiger partial charge in [-0.25, -0.2) is 0 Å². The molecule has 1 saturated carbocycles. The normalized spacial score (nSPS) is 21.5. The van der Waals surface area contributed by atoms with E-state index >= 15 is 0 Å². The Labute approximate surface area is 87.3 Å². The quantitative estimate of drug-likeness (QED) is 0.768. The van der Waals surface area contributed by atoms with Crippen molar-refractivity contribution in [2.24, 2.45) is 5.92 Å². The van der Waals surface area contributed by atoms with Crippen LogP contribution in [0.25, 0.3) is 0 Å². The van der Waals surface area contributed by atoms with Gasteiger partial charge in [-0.2, -0.15) is 4.37 Å². The molecule has 2 rings (SSSR count). The Morgan fingerprint density at radius 1 is 1.71 bits per heavy atom. The Morgan fingerprint density at radius 3 is 3.14 bits per heavy atom. The van der Waals surface area contributed by atoms with Crippen LogP contribution in [-0.2, 0) is 11.2 Å². The van der Waals surface area contributed by atoms with E-state index in [9.17, 15) is 4.79 Å². The molecule has 76 valence electrons. The molecule has 1 aromatic heterocycles. The van der Waals surface area contributed by atoms with Crippen LogP contribution in [0.3, 0.4) is 0 Å². The zero-order valence-electron chi connectivity index (χ0n) is 8.16. The Morgan fingerprint density at radius 2 is 2.57 bits per heavy atom. The first-order chi connectivity index (χ1) is 6.79. The predicted molar refractivity (Wildman–Crippen MR) is 54.7 cm³/mol. The number of aromatic nitrogens is 1. The monoisotopic (exact) mass is 211 g/mol. The number of ketones is 1. The summed E-state index contributed by atoms with van der Waals surface area (Å²) < 4.78 is 9.11. The second-order valence-electron chi connectivity index (χ2n) is 3.60. The molecule has 1 unspecified atom stereocenters. The van der Waals surface area contributed by atoms with Crippen molar-refractivity contribution in [1.82, 2.24) is 4.37 Å². The SMILES string of the molecule is COc1cc(CC2CCCC2=O)sn1. The van der Waals surface area contributed by atoms with Gasteiger partial charge in [0.1, 0.15) is 5.78 Å². The lowest BCUT2D eigenvalue weighted by Gasteiger charge is -2.03. The number of nitrogens with zero attached hydrogens (tertiary/aromatic N) is 1. The fraction of sp³-hybridized carbons (Fsp3) is 0.600. The van der Waals surface area contributed by atoms with Crippen molar-refractivity contribution >= 4 is 17.3 Å². The molecular weight excluding hydrogens is 198 g/mol. The number of Topliss-reactive ketones (excluding diaryl/α,β-unsaturated/α-hetero) is 1. The summed E-state index contributed by atoms with van der Waals surface area (Å²) in [6.07, 6.45) is 3.71. The molecule has 1 heterocycles. The largest absolute Gasteiger partial charge is 0.480 e. The molecule has 1 aliphatic rings. The van der Waals surface area contributed by atoms with Crippen LogP contribution in [0, 0.1) is 5.92 Å². The van der Waals surface area contributed by atoms with Crippen molar-refractivity contribution in [3.8, 4) is 5.88 Å². The Kier molecular flexibility index (Phi) is 2.82. The molecule has 1 fully saturated rings. The molecule has 1 aromatic rings. The highest BCUT2D eigenvalue weighted by molar-refractivity contribution is 7.05. The second-order valence-corrected chi connectivity index (χ2v) is 4.48. The van der Waals surface area contributed by atoms with Gasteiger partial charge in [0.2, 0.25) is 5.88 Å². The minimum Gasteiger partial charge on any atom is -0.480 e. The van der Waals surface area contributed by atoms with Crippen LogP contribution >= 0.6 is 11.5 Å². The third kappa shape index (κ3) is 1.95. The summed E-state index contributed by atoms with van der Waals surface area (Å²) in [5.74, 6) is 1.31. The van der Waals surface area contributed by atoms with Crippen LogP contribution in [0.5, 0.6) is 5.88 Å². The number of rotatable bonds is 3. The van der Waals surface area contributed by atoms with Gasteiger partial charge in [-0.1, -0.05) is 0 Å². The first-order valence-electron chi connectivity index (χ1n) is 4.82. The summed E-state index contributed by atoms with van der Waals surface area (Å²) >= 11 is 1.44. The molecule has 4 heteroatoms. The fourth-order valence-corrected chi connectivity index (χ4v) is 2.60. The van der Waals surface area contributed by atoms with Crippen molar-refractivity contribution in [3.63, 3.8) is 0 Å². The van der Waals surface area contributed by atoms with Gasteiger partial charge in [-0.05, 0) is 30.8 Å². The molecule has 0 aliphatic heterocycles. The van der Waals surface area contributed by atoms with Gasteiger partial charge in [0, 0.05) is 23.3 Å². The van der Waals surface area contributed by atoms with Gasteiger partial charge in [0.05, 0.1) is 7.11 Å². The Hall–Kier alpha value is -0.900. The molecule has 1 aliphatic carbocycles. The van der Waals surface area contributed by atoms with Gasteiger partial charge >= 0.3 is 0 Å². The molecule has 0 bridgehead atoms. The van der Waals surface area contributed by atoms with Crippen molar-refractivity contribution < 1.29 is 9.53 Å². The maximum absolute atomic E-state index is 11.4. The minimum atomic E-state index is 0.236. The molecule has 0 aromatic carbocycles. The van der Waals surface area contributed by atoms with E-state index < -0.39 is 0 Å². The van der Waals surface area contributed by atoms with E-state index in [0.717, 1.165) is 30.6 Å². The second kappa shape index (κ2) is 4.09. The number of hydrogen-bond donors (Lipinski definition) is 0. The van der Waals surface area contributed by atoms with Crippen LogP contribution in [-0.4, -0.2) is 17.3 Å². The average molecular weight is 211 g/mol. The molecule has 0 radical (unpaired) electrons. The standard InChI is InChI=1S/C10H13NO2S/c1-13-10-6-8(14-11-10)5-7-3-2-4-9(7)12/h6-7H,2-5H2,1H3. The predicted octanol–water partition coefficient (Wildman–Crippen LogP) is 2.06. The van der Waals surface area contributed by atoms with Gasteiger partial charge in [0.15, 0.2) is 0 Å². The lowest BCUT2D eigenvalue weighted by atomic mass is 10.0. The van der Waals surface area contributed by atoms with Crippen molar-refractivity contribution in [2.75, 3.05) is 7.11 Å². The molecule has 0 N–H and O–H groups in total. The number of carbonyl (C=O) groups is 1.